The zero-order valence-electron chi connectivity index (χ0n) is 13.5. The van der Waals surface area contributed by atoms with E-state index in [0.717, 1.165) is 14.8 Å². The number of rotatable bonds is 7. The Kier molecular flexibility index (Phi) is 6.71. The van der Waals surface area contributed by atoms with E-state index in [4.69, 9.17) is 9.84 Å². The van der Waals surface area contributed by atoms with Crippen molar-refractivity contribution in [1.82, 2.24) is 0 Å². The van der Waals surface area contributed by atoms with E-state index in [0.29, 0.717) is 11.3 Å². The number of hydrogen-bond donors (Lipinski definition) is 2. The number of nitrogens with zero attached hydrogens (tertiary/aromatic N) is 1. The Bertz CT molecular complexity index is 774. The normalized spacial score (nSPS) is 10.4. The average Bonchev–Trinajstić information content (AvgIpc) is 2.57. The highest BCUT2D eigenvalue weighted by molar-refractivity contribution is 14.1. The number of nitro benzene ring substituents is 1. The highest BCUT2D eigenvalue weighted by atomic mass is 127. The maximum atomic E-state index is 11.9. The summed E-state index contributed by atoms with van der Waals surface area (Å²) in [5.74, 6) is -0.558. The summed E-state index contributed by atoms with van der Waals surface area (Å²) in [7, 11) is 0. The lowest BCUT2D eigenvalue weighted by atomic mass is 10.1. The van der Waals surface area contributed by atoms with Crippen LogP contribution in [0.25, 0.3) is 0 Å². The van der Waals surface area contributed by atoms with Crippen LogP contribution in [0.4, 0.5) is 17.1 Å². The Morgan fingerprint density at radius 3 is 2.76 bits per heavy atom. The van der Waals surface area contributed by atoms with Gasteiger partial charge in [0.1, 0.15) is 6.61 Å². The van der Waals surface area contributed by atoms with E-state index < -0.39 is 10.9 Å². The molecule has 0 bridgehead atoms. The zero-order chi connectivity index (χ0) is 18.4. The van der Waals surface area contributed by atoms with E-state index in [2.05, 4.69) is 27.9 Å². The number of ether oxygens (including phenoxy) is 1. The number of para-hydroxylation sites is 1. The second kappa shape index (κ2) is 8.77. The first-order valence-electron chi connectivity index (χ1n) is 7.48. The van der Waals surface area contributed by atoms with Gasteiger partial charge in [-0.05, 0) is 52.8 Å². The highest BCUT2D eigenvalue weighted by Gasteiger charge is 2.16. The van der Waals surface area contributed by atoms with Crippen LogP contribution in [0.1, 0.15) is 11.1 Å². The van der Waals surface area contributed by atoms with Gasteiger partial charge in [0.15, 0.2) is 0 Å². The molecule has 0 aliphatic rings. The predicted molar refractivity (Wildman–Crippen MR) is 102 cm³/mol. The fourth-order valence-electron chi connectivity index (χ4n) is 2.25. The molecule has 0 saturated carbocycles. The third kappa shape index (κ3) is 5.13. The van der Waals surface area contributed by atoms with Crippen molar-refractivity contribution in [2.24, 2.45) is 0 Å². The molecule has 2 aromatic rings. The smallest absolute Gasteiger partial charge is 0.310 e. The summed E-state index contributed by atoms with van der Waals surface area (Å²) in [5, 5.41) is 23.0. The summed E-state index contributed by atoms with van der Waals surface area (Å²) in [6.45, 7) is 1.57. The van der Waals surface area contributed by atoms with Crippen LogP contribution in [-0.2, 0) is 16.0 Å². The van der Waals surface area contributed by atoms with Gasteiger partial charge in [0.2, 0.25) is 0 Å². The van der Waals surface area contributed by atoms with E-state index >= 15 is 0 Å². The van der Waals surface area contributed by atoms with Crippen molar-refractivity contribution < 1.29 is 19.6 Å². The fraction of sp³-hybridized carbons (Fsp3) is 0.235. The summed E-state index contributed by atoms with van der Waals surface area (Å²) in [6.07, 6.45) is -0.132. The number of halogens is 1. The molecule has 2 N–H and O–H groups in total. The Morgan fingerprint density at radius 2 is 2.12 bits per heavy atom. The molecule has 0 amide bonds. The molecule has 0 heterocycles. The van der Waals surface area contributed by atoms with Gasteiger partial charge in [-0.3, -0.25) is 14.9 Å². The first-order chi connectivity index (χ1) is 11.9. The maximum absolute atomic E-state index is 11.9. The molecule has 0 fully saturated rings. The van der Waals surface area contributed by atoms with Crippen LogP contribution >= 0.6 is 22.6 Å². The van der Waals surface area contributed by atoms with Gasteiger partial charge in [0, 0.05) is 21.4 Å². The lowest BCUT2D eigenvalue weighted by Crippen LogP contribution is -2.12. The molecular weight excluding hydrogens is 439 g/mol. The number of aliphatic hydroxyl groups is 1. The van der Waals surface area contributed by atoms with E-state index in [1.165, 1.54) is 12.1 Å². The lowest BCUT2D eigenvalue weighted by Gasteiger charge is -2.15. The standard InChI is InChI=1S/C17H17IN2O5/c1-11-3-2-4-14(18)17(11)19-15-6-5-13(20(23)24)9-12(15)10-16(22)25-8-7-21/h2-6,9,19,21H,7-8,10H2,1H3. The number of hydrogen-bond acceptors (Lipinski definition) is 6. The minimum Gasteiger partial charge on any atom is -0.463 e. The summed E-state index contributed by atoms with van der Waals surface area (Å²) >= 11 is 2.20. The van der Waals surface area contributed by atoms with E-state index in [9.17, 15) is 14.9 Å². The van der Waals surface area contributed by atoms with Gasteiger partial charge in [-0.2, -0.15) is 0 Å². The molecular formula is C17H17IN2O5. The molecule has 2 rings (SSSR count). The number of benzene rings is 2. The van der Waals surface area contributed by atoms with Gasteiger partial charge in [-0.15, -0.1) is 0 Å². The topological polar surface area (TPSA) is 102 Å². The molecule has 0 aliphatic carbocycles. The van der Waals surface area contributed by atoms with Crippen molar-refractivity contribution in [3.63, 3.8) is 0 Å². The third-order valence-corrected chi connectivity index (χ3v) is 4.37. The second-order valence-electron chi connectivity index (χ2n) is 5.28. The second-order valence-corrected chi connectivity index (χ2v) is 6.44. The van der Waals surface area contributed by atoms with Crippen LogP contribution < -0.4 is 5.32 Å². The van der Waals surface area contributed by atoms with E-state index in [-0.39, 0.29) is 25.3 Å². The van der Waals surface area contributed by atoms with Crippen molar-refractivity contribution in [1.29, 1.82) is 0 Å². The monoisotopic (exact) mass is 456 g/mol. The molecule has 132 valence electrons. The van der Waals surface area contributed by atoms with Crippen molar-refractivity contribution in [3.8, 4) is 0 Å². The maximum Gasteiger partial charge on any atom is 0.310 e. The molecule has 7 nitrogen and oxygen atoms in total. The molecule has 0 aromatic heterocycles. The van der Waals surface area contributed by atoms with Gasteiger partial charge in [-0.1, -0.05) is 12.1 Å². The van der Waals surface area contributed by atoms with Crippen molar-refractivity contribution in [2.75, 3.05) is 18.5 Å². The van der Waals surface area contributed by atoms with Gasteiger partial charge >= 0.3 is 5.97 Å². The Balaban J connectivity index is 2.35. The minimum atomic E-state index is -0.558. The lowest BCUT2D eigenvalue weighted by molar-refractivity contribution is -0.384. The Hall–Kier alpha value is -2.20. The molecule has 0 spiro atoms. The molecule has 0 atom stereocenters. The molecule has 0 saturated heterocycles. The van der Waals surface area contributed by atoms with Crippen molar-refractivity contribution in [3.05, 3.63) is 61.2 Å². The van der Waals surface area contributed by atoms with Crippen LogP contribution in [0, 0.1) is 20.6 Å². The van der Waals surface area contributed by atoms with Gasteiger partial charge in [0.05, 0.1) is 23.6 Å². The number of aliphatic hydroxyl groups excluding tert-OH is 1. The summed E-state index contributed by atoms with van der Waals surface area (Å²) in [5.41, 5.74) is 2.84. The summed E-state index contributed by atoms with van der Waals surface area (Å²) in [6, 6.07) is 10.1. The number of nitro groups is 1. The molecule has 0 aliphatic heterocycles. The number of carbonyl (C=O) groups excluding carboxylic acids is 1. The first-order valence-corrected chi connectivity index (χ1v) is 8.56. The number of anilines is 2. The molecule has 25 heavy (non-hydrogen) atoms. The SMILES string of the molecule is Cc1cccc(I)c1Nc1ccc([N+](=O)[O-])cc1CC(=O)OCCO. The quantitative estimate of drug-likeness (QED) is 0.287. The number of carbonyl (C=O) groups is 1. The third-order valence-electron chi connectivity index (χ3n) is 3.47. The minimum absolute atomic E-state index is 0.102. The largest absolute Gasteiger partial charge is 0.463 e. The molecule has 0 unspecified atom stereocenters. The van der Waals surface area contributed by atoms with Gasteiger partial charge < -0.3 is 15.2 Å². The van der Waals surface area contributed by atoms with Gasteiger partial charge in [-0.25, -0.2) is 0 Å². The van der Waals surface area contributed by atoms with E-state index in [1.54, 1.807) is 6.07 Å². The number of nitrogens with one attached hydrogen (secondary N) is 1. The fourth-order valence-corrected chi connectivity index (χ4v) is 3.02. The van der Waals surface area contributed by atoms with Crippen LogP contribution in [0.2, 0.25) is 0 Å². The van der Waals surface area contributed by atoms with Crippen molar-refractivity contribution >= 4 is 45.6 Å². The highest BCUT2D eigenvalue weighted by Crippen LogP contribution is 2.30. The van der Waals surface area contributed by atoms with Gasteiger partial charge in [0.25, 0.3) is 5.69 Å². The van der Waals surface area contributed by atoms with E-state index in [1.807, 2.05) is 25.1 Å². The zero-order valence-corrected chi connectivity index (χ0v) is 15.6. The van der Waals surface area contributed by atoms with Crippen LogP contribution in [0.15, 0.2) is 36.4 Å². The van der Waals surface area contributed by atoms with Crippen molar-refractivity contribution in [2.45, 2.75) is 13.3 Å². The first kappa shape index (κ1) is 19.1. The molecule has 8 heteroatoms. The van der Waals surface area contributed by atoms with Crippen LogP contribution in [0.5, 0.6) is 0 Å². The summed E-state index contributed by atoms with van der Waals surface area (Å²) in [4.78, 5) is 22.4. The number of aryl methyl sites for hydroxylation is 1. The predicted octanol–water partition coefficient (Wildman–Crippen LogP) is 3.33. The summed E-state index contributed by atoms with van der Waals surface area (Å²) < 4.78 is 5.85. The van der Waals surface area contributed by atoms with Crippen LogP contribution in [-0.4, -0.2) is 29.2 Å². The van der Waals surface area contributed by atoms with Crippen LogP contribution in [0.3, 0.4) is 0 Å². The Labute approximate surface area is 158 Å². The average molecular weight is 456 g/mol. The molecule has 2 aromatic carbocycles. The number of non-ortho nitro benzene ring substituents is 1. The number of esters is 1. The Morgan fingerprint density at radius 1 is 1.36 bits per heavy atom. The molecule has 0 radical (unpaired) electrons.